The number of hydrogen-bond donors (Lipinski definition) is 2. The van der Waals surface area contributed by atoms with E-state index in [9.17, 15) is 10.1 Å². The molecule has 0 aliphatic carbocycles. The number of nitrogens with two attached hydrogens (primary N) is 1. The topological polar surface area (TPSA) is 118 Å². The van der Waals surface area contributed by atoms with Crippen LogP contribution < -0.4 is 16.1 Å². The zero-order valence-corrected chi connectivity index (χ0v) is 13.6. The molecule has 3 heterocycles. The number of aryl methyl sites for hydroxylation is 2. The van der Waals surface area contributed by atoms with Gasteiger partial charge in [-0.1, -0.05) is 11.6 Å². The van der Waals surface area contributed by atoms with Crippen molar-refractivity contribution in [2.45, 2.75) is 19.8 Å². The third-order valence-corrected chi connectivity index (χ3v) is 4.37. The lowest BCUT2D eigenvalue weighted by molar-refractivity contribution is 0.379. The van der Waals surface area contributed by atoms with Crippen LogP contribution in [-0.4, -0.2) is 10.2 Å². The molecule has 3 aromatic rings. The van der Waals surface area contributed by atoms with Crippen LogP contribution in [0.25, 0.3) is 11.0 Å². The lowest BCUT2D eigenvalue weighted by Gasteiger charge is -2.24. The molecule has 0 amide bonds. The number of aromatic amines is 1. The number of nitriles is 1. The molecule has 1 aromatic carbocycles. The first kappa shape index (κ1) is 15.0. The highest BCUT2D eigenvalue weighted by Gasteiger charge is 2.35. The number of hydrogen-bond acceptors (Lipinski definition) is 6. The first-order valence-corrected chi connectivity index (χ1v) is 7.66. The lowest BCUT2D eigenvalue weighted by atomic mass is 9.83. The number of rotatable bonds is 1. The summed E-state index contributed by atoms with van der Waals surface area (Å²) in [7, 11) is 0. The Hall–Kier alpha value is -3.53. The fraction of sp³-hybridized carbons (Fsp3) is 0.167. The van der Waals surface area contributed by atoms with Crippen LogP contribution in [0.5, 0.6) is 5.88 Å². The first-order valence-electron chi connectivity index (χ1n) is 7.66. The quantitative estimate of drug-likeness (QED) is 0.660. The van der Waals surface area contributed by atoms with E-state index in [1.165, 1.54) is 6.07 Å². The second-order valence-corrected chi connectivity index (χ2v) is 6.01. The number of allylic oxidation sites excluding steroid dienone is 1. The molecule has 124 valence electrons. The van der Waals surface area contributed by atoms with E-state index in [0.717, 1.165) is 16.6 Å². The smallest absolute Gasteiger partial charge is 0.336 e. The zero-order chi connectivity index (χ0) is 17.7. The Morgan fingerprint density at radius 1 is 1.32 bits per heavy atom. The van der Waals surface area contributed by atoms with Gasteiger partial charge in [0.05, 0.1) is 5.92 Å². The zero-order valence-electron chi connectivity index (χ0n) is 13.6. The van der Waals surface area contributed by atoms with Gasteiger partial charge in [0.25, 0.3) is 0 Å². The third kappa shape index (κ3) is 2.19. The van der Waals surface area contributed by atoms with Crippen molar-refractivity contribution < 1.29 is 9.15 Å². The highest BCUT2D eigenvalue weighted by molar-refractivity contribution is 5.83. The van der Waals surface area contributed by atoms with E-state index in [-0.39, 0.29) is 11.5 Å². The van der Waals surface area contributed by atoms with Crippen molar-refractivity contribution in [1.29, 1.82) is 5.26 Å². The summed E-state index contributed by atoms with van der Waals surface area (Å²) in [6.07, 6.45) is 0. The highest BCUT2D eigenvalue weighted by atomic mass is 16.5. The molecule has 1 atom stereocenters. The van der Waals surface area contributed by atoms with Crippen LogP contribution in [0.2, 0.25) is 0 Å². The fourth-order valence-corrected chi connectivity index (χ4v) is 3.25. The molecule has 4 rings (SSSR count). The number of benzene rings is 1. The number of fused-ring (bicyclic) bond motifs is 2. The molecule has 0 radical (unpaired) electrons. The molecule has 0 saturated carbocycles. The molecule has 1 aliphatic heterocycles. The minimum Gasteiger partial charge on any atom is -0.423 e. The fourth-order valence-electron chi connectivity index (χ4n) is 3.25. The number of ether oxygens (including phenoxy) is 1. The predicted molar refractivity (Wildman–Crippen MR) is 89.8 cm³/mol. The summed E-state index contributed by atoms with van der Waals surface area (Å²) in [6.45, 7) is 3.78. The standard InChI is InChI=1S/C18H14N4O3/c1-8-3-4-13-10(5-8)11(6-14(23)24-13)16-12(7-19)17(20)25-18-15(16)9(2)21-22-18/h3-6,16H,20H2,1-2H3,(H,21,22). The normalized spacial score (nSPS) is 16.4. The van der Waals surface area contributed by atoms with Gasteiger partial charge >= 0.3 is 5.63 Å². The predicted octanol–water partition coefficient (Wildman–Crippen LogP) is 2.35. The molecule has 0 bridgehead atoms. The second kappa shape index (κ2) is 5.24. The van der Waals surface area contributed by atoms with E-state index in [0.29, 0.717) is 22.6 Å². The summed E-state index contributed by atoms with van der Waals surface area (Å²) >= 11 is 0. The van der Waals surface area contributed by atoms with Crippen LogP contribution in [0.4, 0.5) is 0 Å². The van der Waals surface area contributed by atoms with Crippen molar-refractivity contribution in [3.63, 3.8) is 0 Å². The Morgan fingerprint density at radius 2 is 2.12 bits per heavy atom. The molecular weight excluding hydrogens is 320 g/mol. The largest absolute Gasteiger partial charge is 0.423 e. The van der Waals surface area contributed by atoms with E-state index >= 15 is 0 Å². The van der Waals surface area contributed by atoms with Crippen molar-refractivity contribution in [3.05, 3.63) is 68.5 Å². The van der Waals surface area contributed by atoms with Gasteiger partial charge < -0.3 is 14.9 Å². The van der Waals surface area contributed by atoms with Crippen LogP contribution >= 0.6 is 0 Å². The third-order valence-electron chi connectivity index (χ3n) is 4.37. The number of aromatic nitrogens is 2. The number of H-pyrrole nitrogens is 1. The van der Waals surface area contributed by atoms with Gasteiger partial charge in [0.2, 0.25) is 11.8 Å². The van der Waals surface area contributed by atoms with Gasteiger partial charge in [-0.3, -0.25) is 5.10 Å². The molecule has 7 heteroatoms. The summed E-state index contributed by atoms with van der Waals surface area (Å²) in [5, 5.41) is 17.3. The molecule has 1 unspecified atom stereocenters. The Labute approximate surface area is 142 Å². The molecule has 2 aromatic heterocycles. The van der Waals surface area contributed by atoms with Gasteiger partial charge in [-0.2, -0.15) is 5.26 Å². The van der Waals surface area contributed by atoms with Crippen molar-refractivity contribution >= 4 is 11.0 Å². The average Bonchev–Trinajstić information content (AvgIpc) is 2.94. The van der Waals surface area contributed by atoms with Gasteiger partial charge in [0.1, 0.15) is 17.2 Å². The van der Waals surface area contributed by atoms with Crippen molar-refractivity contribution in [2.24, 2.45) is 5.73 Å². The van der Waals surface area contributed by atoms with Gasteiger partial charge in [-0.05, 0) is 31.5 Å². The van der Waals surface area contributed by atoms with Crippen molar-refractivity contribution in [1.82, 2.24) is 10.2 Å². The average molecular weight is 334 g/mol. The molecule has 0 spiro atoms. The highest BCUT2D eigenvalue weighted by Crippen LogP contribution is 2.44. The van der Waals surface area contributed by atoms with Crippen molar-refractivity contribution in [2.75, 3.05) is 0 Å². The van der Waals surface area contributed by atoms with Crippen molar-refractivity contribution in [3.8, 4) is 11.9 Å². The summed E-state index contributed by atoms with van der Waals surface area (Å²) in [6, 6.07) is 9.05. The van der Waals surface area contributed by atoms with Gasteiger partial charge in [-0.15, -0.1) is 5.10 Å². The van der Waals surface area contributed by atoms with Crippen LogP contribution in [0.3, 0.4) is 0 Å². The van der Waals surface area contributed by atoms with E-state index < -0.39 is 11.5 Å². The first-order chi connectivity index (χ1) is 12.0. The van der Waals surface area contributed by atoms with Crippen LogP contribution in [-0.2, 0) is 0 Å². The number of nitrogens with zero attached hydrogens (tertiary/aromatic N) is 2. The molecule has 25 heavy (non-hydrogen) atoms. The Balaban J connectivity index is 2.12. The maximum Gasteiger partial charge on any atom is 0.336 e. The van der Waals surface area contributed by atoms with Crippen LogP contribution in [0.1, 0.15) is 28.3 Å². The van der Waals surface area contributed by atoms with Crippen LogP contribution in [0.15, 0.2) is 44.9 Å². The van der Waals surface area contributed by atoms with E-state index in [1.807, 2.05) is 26.0 Å². The van der Waals surface area contributed by atoms with Gasteiger partial charge in [0.15, 0.2) is 0 Å². The summed E-state index contributed by atoms with van der Waals surface area (Å²) < 4.78 is 10.8. The Morgan fingerprint density at radius 3 is 2.88 bits per heavy atom. The van der Waals surface area contributed by atoms with E-state index in [1.54, 1.807) is 6.07 Å². The summed E-state index contributed by atoms with van der Waals surface area (Å²) in [4.78, 5) is 12.1. The minimum absolute atomic E-state index is 0.0134. The molecule has 1 aliphatic rings. The van der Waals surface area contributed by atoms with Gasteiger partial charge in [-0.25, -0.2) is 4.79 Å². The summed E-state index contributed by atoms with van der Waals surface area (Å²) in [5.41, 5.74) is 9.23. The minimum atomic E-state index is -0.555. The maximum absolute atomic E-state index is 12.1. The SMILES string of the molecule is Cc1ccc2oc(=O)cc(C3C(C#N)=C(N)Oc4n[nH]c(C)c43)c2c1. The molecule has 0 saturated heterocycles. The molecular formula is C18H14N4O3. The van der Waals surface area contributed by atoms with Gasteiger partial charge in [0, 0.05) is 22.7 Å². The molecule has 0 fully saturated rings. The molecule has 3 N–H and O–H groups in total. The second-order valence-electron chi connectivity index (χ2n) is 6.01. The maximum atomic E-state index is 12.1. The van der Waals surface area contributed by atoms with Crippen LogP contribution in [0, 0.1) is 25.2 Å². The lowest BCUT2D eigenvalue weighted by Crippen LogP contribution is -2.22. The Kier molecular flexibility index (Phi) is 3.15. The number of nitrogens with one attached hydrogen (secondary N) is 1. The van der Waals surface area contributed by atoms with E-state index in [2.05, 4.69) is 16.3 Å². The summed E-state index contributed by atoms with van der Waals surface area (Å²) in [5.74, 6) is -0.255. The molecule has 7 nitrogen and oxygen atoms in total. The van der Waals surface area contributed by atoms with E-state index in [4.69, 9.17) is 14.9 Å². The Bertz CT molecular complexity index is 1150. The monoisotopic (exact) mass is 334 g/mol.